The molecular formula is C12H13F2N3O3. The van der Waals surface area contributed by atoms with Crippen LogP contribution in [0.5, 0.6) is 0 Å². The third kappa shape index (κ3) is 2.46. The van der Waals surface area contributed by atoms with Gasteiger partial charge in [-0.1, -0.05) is 0 Å². The van der Waals surface area contributed by atoms with Crippen molar-refractivity contribution in [2.75, 3.05) is 18.4 Å². The number of hydrogen-bond donors (Lipinski definition) is 2. The van der Waals surface area contributed by atoms with E-state index in [9.17, 15) is 23.7 Å². The highest BCUT2D eigenvalue weighted by molar-refractivity contribution is 5.97. The fourth-order valence-electron chi connectivity index (χ4n) is 2.09. The summed E-state index contributed by atoms with van der Waals surface area (Å²) in [5.74, 6) is -3.25. The second-order valence-corrected chi connectivity index (χ2v) is 4.95. The fourth-order valence-corrected chi connectivity index (χ4v) is 2.09. The van der Waals surface area contributed by atoms with E-state index in [1.807, 2.05) is 0 Å². The molecule has 1 aromatic rings. The lowest BCUT2D eigenvalue weighted by Gasteiger charge is -2.21. The Morgan fingerprint density at radius 2 is 2.20 bits per heavy atom. The average molecular weight is 285 g/mol. The lowest BCUT2D eigenvalue weighted by Crippen LogP contribution is -2.35. The predicted molar refractivity (Wildman–Crippen MR) is 67.2 cm³/mol. The van der Waals surface area contributed by atoms with Crippen molar-refractivity contribution in [1.82, 2.24) is 5.32 Å². The maximum Gasteiger partial charge on any atom is 0.296 e. The Morgan fingerprint density at radius 3 is 2.75 bits per heavy atom. The Labute approximate surface area is 113 Å². The minimum Gasteiger partial charge on any atom is -0.317 e. The summed E-state index contributed by atoms with van der Waals surface area (Å²) in [5, 5.41) is 15.9. The highest BCUT2D eigenvalue weighted by atomic mass is 19.2. The average Bonchev–Trinajstić information content (AvgIpc) is 2.83. The molecule has 1 aliphatic rings. The molecule has 1 unspecified atom stereocenters. The van der Waals surface area contributed by atoms with Crippen molar-refractivity contribution in [3.05, 3.63) is 33.9 Å². The minimum absolute atomic E-state index is 0.379. The smallest absolute Gasteiger partial charge is 0.296 e. The van der Waals surface area contributed by atoms with E-state index in [2.05, 4.69) is 10.6 Å². The summed E-state index contributed by atoms with van der Waals surface area (Å²) in [6.07, 6.45) is 0.517. The Hall–Kier alpha value is -2.09. The first-order chi connectivity index (χ1) is 9.35. The van der Waals surface area contributed by atoms with Gasteiger partial charge in [-0.25, -0.2) is 8.78 Å². The van der Waals surface area contributed by atoms with Gasteiger partial charge in [-0.15, -0.1) is 0 Å². The first-order valence-electron chi connectivity index (χ1n) is 6.00. The van der Waals surface area contributed by atoms with Crippen LogP contribution in [0.2, 0.25) is 0 Å². The van der Waals surface area contributed by atoms with Gasteiger partial charge < -0.3 is 10.6 Å². The molecule has 1 saturated heterocycles. The van der Waals surface area contributed by atoms with Gasteiger partial charge in [-0.3, -0.25) is 14.9 Å². The van der Waals surface area contributed by atoms with Crippen LogP contribution in [0.4, 0.5) is 20.2 Å². The highest BCUT2D eigenvalue weighted by Crippen LogP contribution is 2.32. The number of hydrogen-bond acceptors (Lipinski definition) is 4. The summed E-state index contributed by atoms with van der Waals surface area (Å²) in [5.41, 5.74) is -2.20. The van der Waals surface area contributed by atoms with E-state index in [-0.39, 0.29) is 0 Å². The third-order valence-corrected chi connectivity index (χ3v) is 3.42. The van der Waals surface area contributed by atoms with E-state index in [0.29, 0.717) is 25.6 Å². The van der Waals surface area contributed by atoms with Crippen molar-refractivity contribution in [2.24, 2.45) is 5.41 Å². The van der Waals surface area contributed by atoms with Crippen LogP contribution in [0.25, 0.3) is 0 Å². The fraction of sp³-hybridized carbons (Fsp3) is 0.417. The van der Waals surface area contributed by atoms with Crippen LogP contribution in [0.15, 0.2) is 12.1 Å². The number of anilines is 1. The molecule has 0 aliphatic carbocycles. The number of carbonyl (C=O) groups is 1. The Morgan fingerprint density at radius 1 is 1.50 bits per heavy atom. The van der Waals surface area contributed by atoms with Gasteiger partial charge in [0.15, 0.2) is 17.3 Å². The summed E-state index contributed by atoms with van der Waals surface area (Å²) in [6, 6.07) is 1.48. The normalized spacial score (nSPS) is 21.8. The number of benzene rings is 1. The number of halogens is 2. The topological polar surface area (TPSA) is 84.3 Å². The van der Waals surface area contributed by atoms with E-state index < -0.39 is 39.3 Å². The molecule has 1 fully saturated rings. The maximum atomic E-state index is 13.7. The summed E-state index contributed by atoms with van der Waals surface area (Å²) in [4.78, 5) is 22.1. The summed E-state index contributed by atoms with van der Waals surface area (Å²) < 4.78 is 26.9. The Bertz CT molecular complexity index is 571. The molecule has 2 N–H and O–H groups in total. The minimum atomic E-state index is -1.43. The molecule has 1 aromatic carbocycles. The molecule has 0 radical (unpaired) electrons. The second-order valence-electron chi connectivity index (χ2n) is 4.95. The molecule has 0 bridgehead atoms. The van der Waals surface area contributed by atoms with Gasteiger partial charge in [0.25, 0.3) is 5.69 Å². The SMILES string of the molecule is CC1(C(=O)Nc2c([N+](=O)[O-])ccc(F)c2F)CCNC1. The number of rotatable bonds is 3. The van der Waals surface area contributed by atoms with Crippen LogP contribution in [0.3, 0.4) is 0 Å². The molecular weight excluding hydrogens is 272 g/mol. The number of nitrogens with zero attached hydrogens (tertiary/aromatic N) is 1. The van der Waals surface area contributed by atoms with Crippen molar-refractivity contribution in [3.8, 4) is 0 Å². The van der Waals surface area contributed by atoms with Crippen molar-refractivity contribution in [1.29, 1.82) is 0 Å². The first-order valence-corrected chi connectivity index (χ1v) is 6.00. The first kappa shape index (κ1) is 14.3. The second kappa shape index (κ2) is 5.12. The summed E-state index contributed by atoms with van der Waals surface area (Å²) >= 11 is 0. The molecule has 108 valence electrons. The zero-order valence-corrected chi connectivity index (χ0v) is 10.7. The molecule has 2 rings (SSSR count). The van der Waals surface area contributed by atoms with Crippen molar-refractivity contribution in [2.45, 2.75) is 13.3 Å². The van der Waals surface area contributed by atoms with E-state index in [1.54, 1.807) is 6.92 Å². The molecule has 6 nitrogen and oxygen atoms in total. The maximum absolute atomic E-state index is 13.7. The molecule has 20 heavy (non-hydrogen) atoms. The molecule has 1 atom stereocenters. The summed E-state index contributed by atoms with van der Waals surface area (Å²) in [6.45, 7) is 2.66. The van der Waals surface area contributed by atoms with Gasteiger partial charge >= 0.3 is 0 Å². The number of amides is 1. The van der Waals surface area contributed by atoms with Crippen LogP contribution in [0, 0.1) is 27.2 Å². The van der Waals surface area contributed by atoms with Crippen LogP contribution in [0.1, 0.15) is 13.3 Å². The van der Waals surface area contributed by atoms with Gasteiger partial charge in [-0.05, 0) is 26.0 Å². The Kier molecular flexibility index (Phi) is 3.67. The molecule has 1 heterocycles. The Balaban J connectivity index is 2.35. The van der Waals surface area contributed by atoms with Gasteiger partial charge in [0.2, 0.25) is 5.91 Å². The molecule has 8 heteroatoms. The number of nitrogens with one attached hydrogen (secondary N) is 2. The van der Waals surface area contributed by atoms with Crippen LogP contribution in [-0.4, -0.2) is 23.9 Å². The number of nitro benzene ring substituents is 1. The van der Waals surface area contributed by atoms with E-state index in [0.717, 1.165) is 6.07 Å². The van der Waals surface area contributed by atoms with Gasteiger partial charge in [0.05, 0.1) is 10.3 Å². The van der Waals surface area contributed by atoms with Crippen molar-refractivity contribution in [3.63, 3.8) is 0 Å². The molecule has 0 spiro atoms. The highest BCUT2D eigenvalue weighted by Gasteiger charge is 2.38. The largest absolute Gasteiger partial charge is 0.317 e. The van der Waals surface area contributed by atoms with Crippen LogP contribution < -0.4 is 10.6 Å². The molecule has 1 amide bonds. The third-order valence-electron chi connectivity index (χ3n) is 3.42. The van der Waals surface area contributed by atoms with Gasteiger partial charge in [0.1, 0.15) is 0 Å². The van der Waals surface area contributed by atoms with Gasteiger partial charge in [0, 0.05) is 12.6 Å². The predicted octanol–water partition coefficient (Wildman–Crippen LogP) is 1.81. The van der Waals surface area contributed by atoms with E-state index in [4.69, 9.17) is 0 Å². The molecule has 1 aliphatic heterocycles. The van der Waals surface area contributed by atoms with Crippen LogP contribution in [-0.2, 0) is 4.79 Å². The van der Waals surface area contributed by atoms with Gasteiger partial charge in [-0.2, -0.15) is 0 Å². The number of carbonyl (C=O) groups excluding carboxylic acids is 1. The van der Waals surface area contributed by atoms with E-state index in [1.165, 1.54) is 0 Å². The van der Waals surface area contributed by atoms with E-state index >= 15 is 0 Å². The quantitative estimate of drug-likeness (QED) is 0.655. The van der Waals surface area contributed by atoms with Crippen LogP contribution >= 0.6 is 0 Å². The standard InChI is InChI=1S/C12H13F2N3O3/c1-12(4-5-15-6-12)11(18)16-10-8(17(19)20)3-2-7(13)9(10)14/h2-3,15H,4-6H2,1H3,(H,16,18). The number of nitro groups is 1. The molecule has 0 aromatic heterocycles. The monoisotopic (exact) mass is 285 g/mol. The van der Waals surface area contributed by atoms with Crippen molar-refractivity contribution < 1.29 is 18.5 Å². The zero-order chi connectivity index (χ0) is 14.9. The lowest BCUT2D eigenvalue weighted by molar-refractivity contribution is -0.384. The molecule has 0 saturated carbocycles. The zero-order valence-electron chi connectivity index (χ0n) is 10.7. The summed E-state index contributed by atoms with van der Waals surface area (Å²) in [7, 11) is 0. The lowest BCUT2D eigenvalue weighted by atomic mass is 9.88. The van der Waals surface area contributed by atoms with Crippen molar-refractivity contribution >= 4 is 17.3 Å².